The summed E-state index contributed by atoms with van der Waals surface area (Å²) in [5, 5.41) is 6.59. The van der Waals surface area contributed by atoms with Crippen LogP contribution in [0.15, 0.2) is 33.7 Å². The number of aliphatic imine (C=N–C) groups is 1. The van der Waals surface area contributed by atoms with E-state index in [1.165, 1.54) is 10.5 Å². The van der Waals surface area contributed by atoms with E-state index in [0.717, 1.165) is 23.9 Å². The maximum atomic E-state index is 11.8. The number of halogens is 1. The van der Waals surface area contributed by atoms with E-state index < -0.39 is 0 Å². The molecule has 1 aromatic rings. The second-order valence-electron chi connectivity index (χ2n) is 6.91. The highest BCUT2D eigenvalue weighted by atomic mass is 79.9. The Morgan fingerprint density at radius 2 is 1.88 bits per heavy atom. The summed E-state index contributed by atoms with van der Waals surface area (Å²) in [4.78, 5) is 29.3. The summed E-state index contributed by atoms with van der Waals surface area (Å²) in [5.41, 5.74) is 1.48. The smallest absolute Gasteiger partial charge is 0.229 e. The first kappa shape index (κ1) is 18.9. The van der Waals surface area contributed by atoms with Crippen molar-refractivity contribution in [2.24, 2.45) is 4.99 Å². The van der Waals surface area contributed by atoms with Gasteiger partial charge in [0.25, 0.3) is 0 Å². The monoisotopic (exact) mass is 420 g/mol. The third-order valence-electron chi connectivity index (χ3n) is 5.13. The van der Waals surface area contributed by atoms with Crippen molar-refractivity contribution in [3.8, 4) is 0 Å². The van der Waals surface area contributed by atoms with Crippen LogP contribution < -0.4 is 10.6 Å². The Morgan fingerprint density at radius 1 is 1.19 bits per heavy atom. The molecule has 0 bridgehead atoms. The molecule has 0 radical (unpaired) electrons. The van der Waals surface area contributed by atoms with Gasteiger partial charge in [0.15, 0.2) is 5.96 Å². The Labute approximate surface area is 162 Å². The van der Waals surface area contributed by atoms with Crippen LogP contribution in [0.5, 0.6) is 0 Å². The second-order valence-corrected chi connectivity index (χ2v) is 7.76. The minimum atomic E-state index is -0.0724. The predicted octanol–water partition coefficient (Wildman–Crippen LogP) is 2.18. The van der Waals surface area contributed by atoms with Gasteiger partial charge in [-0.05, 0) is 30.9 Å². The number of carbonyl (C=O) groups is 2. The zero-order valence-electron chi connectivity index (χ0n) is 15.1. The number of imide groups is 1. The minimum Gasteiger partial charge on any atom is -0.356 e. The lowest BCUT2D eigenvalue weighted by Crippen LogP contribution is -2.47. The standard InChI is InChI=1S/C19H25BrN4O2/c1-21-18(22-11-12-24-16(25)7-4-8-17(24)26)23-13-19(9-10-19)14-5-2-3-6-15(14)20/h2-3,5-6H,4,7-13H2,1H3,(H2,21,22,23). The third-order valence-corrected chi connectivity index (χ3v) is 5.82. The zero-order chi connectivity index (χ0) is 18.6. The molecule has 2 fully saturated rings. The van der Waals surface area contributed by atoms with Gasteiger partial charge in [0.1, 0.15) is 0 Å². The van der Waals surface area contributed by atoms with Gasteiger partial charge in [-0.15, -0.1) is 0 Å². The van der Waals surface area contributed by atoms with Gasteiger partial charge in [0, 0.05) is 49.4 Å². The number of guanidine groups is 1. The molecule has 1 aliphatic carbocycles. The summed E-state index contributed by atoms with van der Waals surface area (Å²) in [6, 6.07) is 8.35. The molecule has 26 heavy (non-hydrogen) atoms. The van der Waals surface area contributed by atoms with Gasteiger partial charge < -0.3 is 10.6 Å². The van der Waals surface area contributed by atoms with Crippen molar-refractivity contribution >= 4 is 33.7 Å². The topological polar surface area (TPSA) is 73.8 Å². The Morgan fingerprint density at radius 3 is 2.50 bits per heavy atom. The molecule has 0 spiro atoms. The van der Waals surface area contributed by atoms with Crippen LogP contribution in [0.2, 0.25) is 0 Å². The van der Waals surface area contributed by atoms with E-state index in [-0.39, 0.29) is 17.2 Å². The fraction of sp³-hybridized carbons (Fsp3) is 0.526. The van der Waals surface area contributed by atoms with Crippen molar-refractivity contribution in [3.63, 3.8) is 0 Å². The molecule has 2 N–H and O–H groups in total. The highest BCUT2D eigenvalue weighted by Crippen LogP contribution is 2.49. The Balaban J connectivity index is 1.49. The van der Waals surface area contributed by atoms with Gasteiger partial charge in [-0.1, -0.05) is 34.1 Å². The van der Waals surface area contributed by atoms with E-state index in [2.05, 4.69) is 49.8 Å². The molecule has 6 nitrogen and oxygen atoms in total. The van der Waals surface area contributed by atoms with Crippen molar-refractivity contribution in [2.45, 2.75) is 37.5 Å². The predicted molar refractivity (Wildman–Crippen MR) is 105 cm³/mol. The molecular weight excluding hydrogens is 396 g/mol. The maximum Gasteiger partial charge on any atom is 0.229 e. The molecule has 0 aromatic heterocycles. The molecule has 7 heteroatoms. The molecule has 2 amide bonds. The van der Waals surface area contributed by atoms with Crippen molar-refractivity contribution in [3.05, 3.63) is 34.3 Å². The molecular formula is C19H25BrN4O2. The number of benzene rings is 1. The summed E-state index contributed by atoms with van der Waals surface area (Å²) in [6.45, 7) is 1.68. The Bertz CT molecular complexity index is 699. The number of piperidine rings is 1. The molecule has 1 heterocycles. The molecule has 2 aliphatic rings. The number of hydrogen-bond donors (Lipinski definition) is 2. The molecule has 3 rings (SSSR count). The normalized spacial score (nSPS) is 19.5. The molecule has 1 saturated carbocycles. The lowest BCUT2D eigenvalue weighted by atomic mass is 9.96. The lowest BCUT2D eigenvalue weighted by Gasteiger charge is -2.25. The van der Waals surface area contributed by atoms with Crippen LogP contribution in [0, 0.1) is 0 Å². The van der Waals surface area contributed by atoms with Crippen LogP contribution >= 0.6 is 15.9 Å². The summed E-state index contributed by atoms with van der Waals surface area (Å²) < 4.78 is 1.14. The average molecular weight is 421 g/mol. The number of likely N-dealkylation sites (tertiary alicyclic amines) is 1. The van der Waals surface area contributed by atoms with E-state index in [4.69, 9.17) is 0 Å². The highest BCUT2D eigenvalue weighted by molar-refractivity contribution is 9.10. The highest BCUT2D eigenvalue weighted by Gasteiger charge is 2.45. The molecule has 1 saturated heterocycles. The van der Waals surface area contributed by atoms with Gasteiger partial charge in [-0.25, -0.2) is 0 Å². The molecule has 1 aliphatic heterocycles. The molecule has 0 atom stereocenters. The fourth-order valence-corrected chi connectivity index (χ4v) is 4.10. The lowest BCUT2D eigenvalue weighted by molar-refractivity contribution is -0.147. The molecule has 0 unspecified atom stereocenters. The Hall–Kier alpha value is -1.89. The summed E-state index contributed by atoms with van der Waals surface area (Å²) in [6.07, 6.45) is 3.90. The zero-order valence-corrected chi connectivity index (χ0v) is 16.6. The number of hydrogen-bond acceptors (Lipinski definition) is 3. The van der Waals surface area contributed by atoms with Gasteiger partial charge >= 0.3 is 0 Å². The quantitative estimate of drug-likeness (QED) is 0.420. The van der Waals surface area contributed by atoms with E-state index in [0.29, 0.717) is 38.3 Å². The van der Waals surface area contributed by atoms with Gasteiger partial charge in [0.05, 0.1) is 0 Å². The van der Waals surface area contributed by atoms with E-state index >= 15 is 0 Å². The number of rotatable bonds is 6. The van der Waals surface area contributed by atoms with Crippen molar-refractivity contribution in [2.75, 3.05) is 26.7 Å². The first-order valence-corrected chi connectivity index (χ1v) is 9.88. The SMILES string of the molecule is CN=C(NCCN1C(=O)CCCC1=O)NCC1(c2ccccc2Br)CC1. The first-order valence-electron chi connectivity index (χ1n) is 9.08. The third kappa shape index (κ3) is 4.26. The van der Waals surface area contributed by atoms with Gasteiger partial charge in [-0.2, -0.15) is 0 Å². The van der Waals surface area contributed by atoms with Crippen molar-refractivity contribution in [1.82, 2.24) is 15.5 Å². The number of amides is 2. The minimum absolute atomic E-state index is 0.0724. The van der Waals surface area contributed by atoms with Gasteiger partial charge in [0.2, 0.25) is 11.8 Å². The Kier molecular flexibility index (Phi) is 5.96. The number of nitrogens with one attached hydrogen (secondary N) is 2. The number of nitrogens with zero attached hydrogens (tertiary/aromatic N) is 2. The molecule has 140 valence electrons. The van der Waals surface area contributed by atoms with Crippen LogP contribution in [0.25, 0.3) is 0 Å². The van der Waals surface area contributed by atoms with E-state index in [1.54, 1.807) is 7.05 Å². The van der Waals surface area contributed by atoms with Crippen molar-refractivity contribution < 1.29 is 9.59 Å². The van der Waals surface area contributed by atoms with Crippen LogP contribution in [0.1, 0.15) is 37.7 Å². The van der Waals surface area contributed by atoms with Crippen LogP contribution in [-0.4, -0.2) is 49.4 Å². The summed E-state index contributed by atoms with van der Waals surface area (Å²) in [5.74, 6) is 0.550. The van der Waals surface area contributed by atoms with E-state index in [9.17, 15) is 9.59 Å². The largest absolute Gasteiger partial charge is 0.356 e. The van der Waals surface area contributed by atoms with Gasteiger partial charge in [-0.3, -0.25) is 19.5 Å². The summed E-state index contributed by atoms with van der Waals surface area (Å²) in [7, 11) is 1.73. The van der Waals surface area contributed by atoms with Crippen molar-refractivity contribution in [1.29, 1.82) is 0 Å². The van der Waals surface area contributed by atoms with Crippen LogP contribution in [-0.2, 0) is 15.0 Å². The summed E-state index contributed by atoms with van der Waals surface area (Å²) >= 11 is 3.65. The molecule has 1 aromatic carbocycles. The fourth-order valence-electron chi connectivity index (χ4n) is 3.39. The maximum absolute atomic E-state index is 11.8. The average Bonchev–Trinajstić information content (AvgIpc) is 3.41. The second kappa shape index (κ2) is 8.20. The van der Waals surface area contributed by atoms with Crippen LogP contribution in [0.3, 0.4) is 0 Å². The van der Waals surface area contributed by atoms with E-state index in [1.807, 2.05) is 6.07 Å². The van der Waals surface area contributed by atoms with Crippen LogP contribution in [0.4, 0.5) is 0 Å². The first-order chi connectivity index (χ1) is 12.6. The number of carbonyl (C=O) groups excluding carboxylic acids is 2.